The summed E-state index contributed by atoms with van der Waals surface area (Å²) >= 11 is 7.70. The number of benzene rings is 1. The van der Waals surface area contributed by atoms with Crippen LogP contribution in [0.2, 0.25) is 5.02 Å². The molecule has 1 aliphatic rings. The van der Waals surface area contributed by atoms with Gasteiger partial charge in [-0.1, -0.05) is 48.5 Å². The molecule has 1 aliphatic heterocycles. The maximum absolute atomic E-state index is 14.3. The highest BCUT2D eigenvalue weighted by molar-refractivity contribution is 7.99. The molecule has 3 N–H and O–H groups in total. The van der Waals surface area contributed by atoms with E-state index < -0.39 is 47.4 Å². The summed E-state index contributed by atoms with van der Waals surface area (Å²) in [5.41, 5.74) is -2.96. The highest BCUT2D eigenvalue weighted by Crippen LogP contribution is 2.58. The molecule has 3 rings (SSSR count). The molecule has 10 heteroatoms. The molecular formula is C22H25ClFN3O4S. The minimum atomic E-state index is -1.77. The van der Waals surface area contributed by atoms with Gasteiger partial charge in [0, 0.05) is 35.1 Å². The van der Waals surface area contributed by atoms with Gasteiger partial charge in [0.2, 0.25) is 0 Å². The van der Waals surface area contributed by atoms with Crippen molar-refractivity contribution >= 4 is 35.3 Å². The molecule has 7 nitrogen and oxygen atoms in total. The van der Waals surface area contributed by atoms with Crippen molar-refractivity contribution in [2.75, 3.05) is 12.4 Å². The van der Waals surface area contributed by atoms with E-state index in [9.17, 15) is 24.2 Å². The van der Waals surface area contributed by atoms with Crippen molar-refractivity contribution in [3.05, 3.63) is 53.3 Å². The number of thioether (sulfide) groups is 1. The van der Waals surface area contributed by atoms with Gasteiger partial charge < -0.3 is 15.5 Å². The summed E-state index contributed by atoms with van der Waals surface area (Å²) in [6.07, 6.45) is 3.26. The SMILES string of the molecule is CCC1(C(=O)O)C(CSc2ncccn2)NC(CF)C(C)(C(=O)O)C1c1ccccc1Cl. The van der Waals surface area contributed by atoms with Crippen molar-refractivity contribution in [2.24, 2.45) is 10.8 Å². The first-order valence-electron chi connectivity index (χ1n) is 10.2. The first-order valence-corrected chi connectivity index (χ1v) is 11.5. The first-order chi connectivity index (χ1) is 15.2. The molecule has 0 radical (unpaired) electrons. The van der Waals surface area contributed by atoms with Crippen LogP contribution in [0, 0.1) is 10.8 Å². The van der Waals surface area contributed by atoms with Crippen LogP contribution in [0.1, 0.15) is 31.7 Å². The van der Waals surface area contributed by atoms with Crippen LogP contribution in [-0.2, 0) is 9.59 Å². The monoisotopic (exact) mass is 481 g/mol. The summed E-state index contributed by atoms with van der Waals surface area (Å²) in [6, 6.07) is 6.37. The second-order valence-electron chi connectivity index (χ2n) is 8.01. The van der Waals surface area contributed by atoms with Crippen LogP contribution in [0.15, 0.2) is 47.9 Å². The van der Waals surface area contributed by atoms with Crippen molar-refractivity contribution in [2.45, 2.75) is 43.4 Å². The van der Waals surface area contributed by atoms with Crippen molar-refractivity contribution < 1.29 is 24.2 Å². The van der Waals surface area contributed by atoms with Crippen LogP contribution in [0.4, 0.5) is 4.39 Å². The van der Waals surface area contributed by atoms with Gasteiger partial charge in [0.15, 0.2) is 5.16 Å². The predicted octanol–water partition coefficient (Wildman–Crippen LogP) is 3.89. The highest BCUT2D eigenvalue weighted by atomic mass is 35.5. The number of nitrogens with zero attached hydrogens (tertiary/aromatic N) is 2. The second kappa shape index (κ2) is 9.72. The summed E-state index contributed by atoms with van der Waals surface area (Å²) < 4.78 is 14.3. The van der Waals surface area contributed by atoms with E-state index in [1.807, 2.05) is 0 Å². The van der Waals surface area contributed by atoms with Gasteiger partial charge in [0.05, 0.1) is 16.9 Å². The van der Waals surface area contributed by atoms with E-state index in [-0.39, 0.29) is 17.2 Å². The van der Waals surface area contributed by atoms with Crippen LogP contribution in [0.3, 0.4) is 0 Å². The van der Waals surface area contributed by atoms with Crippen molar-refractivity contribution in [1.29, 1.82) is 0 Å². The Labute approximate surface area is 194 Å². The van der Waals surface area contributed by atoms with E-state index in [1.54, 1.807) is 49.6 Å². The first kappa shape index (κ1) is 24.4. The van der Waals surface area contributed by atoms with Crippen molar-refractivity contribution in [3.8, 4) is 0 Å². The van der Waals surface area contributed by atoms with Gasteiger partial charge in [-0.25, -0.2) is 14.4 Å². The topological polar surface area (TPSA) is 112 Å². The normalized spacial score (nSPS) is 30.1. The molecule has 1 fully saturated rings. The van der Waals surface area contributed by atoms with Gasteiger partial charge in [0.25, 0.3) is 0 Å². The Bertz CT molecular complexity index is 985. The summed E-state index contributed by atoms with van der Waals surface area (Å²) in [7, 11) is 0. The Morgan fingerprint density at radius 1 is 1.16 bits per heavy atom. The Hall–Kier alpha value is -2.23. The fourth-order valence-electron chi connectivity index (χ4n) is 4.88. The minimum absolute atomic E-state index is 0.105. The number of hydrogen-bond acceptors (Lipinski definition) is 6. The molecular weight excluding hydrogens is 457 g/mol. The van der Waals surface area contributed by atoms with Crippen LogP contribution < -0.4 is 5.32 Å². The zero-order chi connectivity index (χ0) is 23.5. The Kier molecular flexibility index (Phi) is 7.42. The van der Waals surface area contributed by atoms with E-state index in [2.05, 4.69) is 15.3 Å². The molecule has 172 valence electrons. The van der Waals surface area contributed by atoms with Crippen LogP contribution in [-0.4, -0.2) is 56.6 Å². The number of carboxylic acids is 2. The molecule has 0 saturated carbocycles. The Morgan fingerprint density at radius 3 is 2.34 bits per heavy atom. The molecule has 0 aliphatic carbocycles. The summed E-state index contributed by atoms with van der Waals surface area (Å²) in [5.74, 6) is -3.33. The smallest absolute Gasteiger partial charge is 0.311 e. The van der Waals surface area contributed by atoms with Crippen LogP contribution in [0.25, 0.3) is 0 Å². The molecule has 32 heavy (non-hydrogen) atoms. The molecule has 2 aromatic rings. The van der Waals surface area contributed by atoms with E-state index in [1.165, 1.54) is 18.7 Å². The molecule has 0 amide bonds. The molecule has 2 heterocycles. The van der Waals surface area contributed by atoms with Gasteiger partial charge in [0.1, 0.15) is 6.67 Å². The zero-order valence-electron chi connectivity index (χ0n) is 17.7. The molecule has 0 spiro atoms. The van der Waals surface area contributed by atoms with Gasteiger partial charge in [-0.05, 0) is 31.0 Å². The maximum Gasteiger partial charge on any atom is 0.311 e. The largest absolute Gasteiger partial charge is 0.481 e. The van der Waals surface area contributed by atoms with Crippen molar-refractivity contribution in [1.82, 2.24) is 15.3 Å². The lowest BCUT2D eigenvalue weighted by atomic mass is 9.51. The molecule has 5 atom stereocenters. The Morgan fingerprint density at radius 2 is 1.81 bits per heavy atom. The van der Waals surface area contributed by atoms with Gasteiger partial charge in [-0.3, -0.25) is 9.59 Å². The summed E-state index contributed by atoms with van der Waals surface area (Å²) in [5, 5.41) is 24.5. The van der Waals surface area contributed by atoms with E-state index in [0.29, 0.717) is 10.7 Å². The molecule has 1 aromatic carbocycles. The number of carboxylic acid groups (broad SMARTS) is 2. The predicted molar refractivity (Wildman–Crippen MR) is 120 cm³/mol. The number of rotatable bonds is 8. The molecule has 5 unspecified atom stereocenters. The number of halogens is 2. The van der Waals surface area contributed by atoms with E-state index in [0.717, 1.165) is 0 Å². The Balaban J connectivity index is 2.20. The molecule has 0 bridgehead atoms. The van der Waals surface area contributed by atoms with Crippen LogP contribution in [0.5, 0.6) is 0 Å². The number of piperidine rings is 1. The third-order valence-electron chi connectivity index (χ3n) is 6.60. The fourth-order valence-corrected chi connectivity index (χ4v) is 6.10. The number of alkyl halides is 1. The van der Waals surface area contributed by atoms with Gasteiger partial charge >= 0.3 is 11.9 Å². The van der Waals surface area contributed by atoms with E-state index in [4.69, 9.17) is 11.6 Å². The van der Waals surface area contributed by atoms with Crippen LogP contribution >= 0.6 is 23.4 Å². The summed E-state index contributed by atoms with van der Waals surface area (Å²) in [4.78, 5) is 33.8. The van der Waals surface area contributed by atoms with Crippen molar-refractivity contribution in [3.63, 3.8) is 0 Å². The quantitative estimate of drug-likeness (QED) is 0.384. The second-order valence-corrected chi connectivity index (χ2v) is 9.40. The van der Waals surface area contributed by atoms with Gasteiger partial charge in [-0.2, -0.15) is 0 Å². The minimum Gasteiger partial charge on any atom is -0.481 e. The number of nitrogens with one attached hydrogen (secondary N) is 1. The van der Waals surface area contributed by atoms with Gasteiger partial charge in [-0.15, -0.1) is 0 Å². The maximum atomic E-state index is 14.3. The number of aliphatic carboxylic acids is 2. The lowest BCUT2D eigenvalue weighted by molar-refractivity contribution is -0.172. The third kappa shape index (κ3) is 3.97. The lowest BCUT2D eigenvalue weighted by Gasteiger charge is -2.57. The number of carbonyl (C=O) groups is 2. The average molecular weight is 482 g/mol. The molecule has 1 saturated heterocycles. The number of aromatic nitrogens is 2. The number of hydrogen-bond donors (Lipinski definition) is 3. The van der Waals surface area contributed by atoms with E-state index >= 15 is 0 Å². The zero-order valence-corrected chi connectivity index (χ0v) is 19.2. The summed E-state index contributed by atoms with van der Waals surface area (Å²) in [6.45, 7) is 2.12. The third-order valence-corrected chi connectivity index (χ3v) is 7.91. The average Bonchev–Trinajstić information content (AvgIpc) is 2.78. The lowest BCUT2D eigenvalue weighted by Crippen LogP contribution is -2.71. The molecule has 1 aromatic heterocycles. The fraction of sp³-hybridized carbons (Fsp3) is 0.455. The standard InChI is InChI=1S/C22H25ClFN3O4S/c1-3-22(19(30)31)16(12-32-20-25-9-6-10-26-20)27-15(11-24)21(2,18(28)29)17(22)13-7-4-5-8-14(13)23/h4-10,15-17,27H,3,11-12H2,1-2H3,(H,28,29)(H,30,31). The highest BCUT2D eigenvalue weighted by Gasteiger charge is 2.66.